The Morgan fingerprint density at radius 2 is 1.64 bits per heavy atom. The van der Waals surface area contributed by atoms with Crippen molar-refractivity contribution in [3.05, 3.63) is 113 Å². The van der Waals surface area contributed by atoms with E-state index in [4.69, 9.17) is 4.74 Å². The van der Waals surface area contributed by atoms with Gasteiger partial charge in [0, 0.05) is 92.0 Å². The van der Waals surface area contributed by atoms with Crippen molar-refractivity contribution < 1.29 is 32.3 Å². The Kier molecular flexibility index (Phi) is 11.3. The van der Waals surface area contributed by atoms with E-state index < -0.39 is 23.5 Å². The second kappa shape index (κ2) is 16.9. The monoisotopic (exact) mass is 794 g/mol. The Hall–Kier alpha value is -5.93. The number of benzene rings is 4. The predicted molar refractivity (Wildman–Crippen MR) is 216 cm³/mol. The molecule has 3 fully saturated rings. The Balaban J connectivity index is 0.938. The van der Waals surface area contributed by atoms with Crippen LogP contribution in [0.25, 0.3) is 10.9 Å². The molecule has 3 saturated heterocycles. The molecular weight excluding hydrogens is 750 g/mol. The van der Waals surface area contributed by atoms with E-state index in [1.807, 2.05) is 43.4 Å². The lowest BCUT2D eigenvalue weighted by atomic mass is 10.0. The standard InChI is InChI=1S/C43H45F3N8O4/c1-52(25-28-3-4-34(23-37(28)46)54-15-10-40(55)48-43(54)57)32-8-13-53(14-9-32)33-5-6-35(39(24-33)47-31-11-16-58-17-12-31)42(56)49-41-36-21-26(2-7-38(36)50-51-41)18-27-19-29(44)22-30(45)20-27/h2-7,19-24,31-32,47H,8-18,25H2,1H3,(H,48,55,57)(H2,49,50,51,56). The van der Waals surface area contributed by atoms with Crippen LogP contribution in [0.1, 0.15) is 59.2 Å². The molecule has 3 aliphatic rings. The van der Waals surface area contributed by atoms with Gasteiger partial charge in [0.1, 0.15) is 17.5 Å². The SMILES string of the molecule is CN(Cc1ccc(N2CCC(=O)NC2=O)cc1F)C1CCN(c2ccc(C(=O)Nc3n[nH]c4ccc(Cc5cc(F)cc(F)c5)cc34)c(NC3CCOCC3)c2)CC1. The van der Waals surface area contributed by atoms with E-state index in [1.54, 1.807) is 12.1 Å². The number of carbonyl (C=O) groups excluding carboxylic acids is 3. The van der Waals surface area contributed by atoms with Crippen LogP contribution in [0.4, 0.5) is 40.8 Å². The average molecular weight is 795 g/mol. The third-order valence-corrected chi connectivity index (χ3v) is 11.3. The van der Waals surface area contributed by atoms with Crippen molar-refractivity contribution in [3.63, 3.8) is 0 Å². The van der Waals surface area contributed by atoms with E-state index in [0.29, 0.717) is 71.0 Å². The Morgan fingerprint density at radius 1 is 0.879 bits per heavy atom. The zero-order chi connectivity index (χ0) is 40.3. The van der Waals surface area contributed by atoms with E-state index in [0.717, 1.165) is 56.1 Å². The molecule has 0 unspecified atom stereocenters. The third-order valence-electron chi connectivity index (χ3n) is 11.3. The number of imide groups is 1. The number of aromatic nitrogens is 2. The molecule has 4 amide bonds. The van der Waals surface area contributed by atoms with E-state index >= 15 is 4.39 Å². The van der Waals surface area contributed by atoms with Gasteiger partial charge in [-0.2, -0.15) is 5.10 Å². The second-order valence-corrected chi connectivity index (χ2v) is 15.3. The van der Waals surface area contributed by atoms with Gasteiger partial charge < -0.3 is 20.3 Å². The summed E-state index contributed by atoms with van der Waals surface area (Å²) in [5.41, 5.74) is 5.12. The van der Waals surface area contributed by atoms with Gasteiger partial charge in [0.2, 0.25) is 5.91 Å². The lowest BCUT2D eigenvalue weighted by Gasteiger charge is -2.38. The summed E-state index contributed by atoms with van der Waals surface area (Å²) in [5, 5.41) is 16.9. The zero-order valence-electron chi connectivity index (χ0n) is 32.1. The van der Waals surface area contributed by atoms with Crippen molar-refractivity contribution in [1.82, 2.24) is 20.4 Å². The number of amides is 4. The molecule has 0 aliphatic carbocycles. The number of aromatic amines is 1. The fourth-order valence-electron chi connectivity index (χ4n) is 8.10. The first-order chi connectivity index (χ1) is 28.1. The largest absolute Gasteiger partial charge is 0.381 e. The molecule has 302 valence electrons. The molecular formula is C43H45F3N8O4. The van der Waals surface area contributed by atoms with Gasteiger partial charge in [-0.1, -0.05) is 12.1 Å². The number of hydrogen-bond donors (Lipinski definition) is 4. The summed E-state index contributed by atoms with van der Waals surface area (Å²) in [5.74, 6) is -1.99. The minimum absolute atomic E-state index is 0.132. The summed E-state index contributed by atoms with van der Waals surface area (Å²) in [7, 11) is 2.00. The van der Waals surface area contributed by atoms with Gasteiger partial charge in [-0.3, -0.25) is 29.8 Å². The molecule has 0 bridgehead atoms. The summed E-state index contributed by atoms with van der Waals surface area (Å²) in [6.45, 7) is 3.42. The molecule has 3 aliphatic heterocycles. The minimum atomic E-state index is -0.637. The van der Waals surface area contributed by atoms with Crippen LogP contribution in [-0.2, 0) is 22.5 Å². The van der Waals surface area contributed by atoms with Crippen LogP contribution in [0.2, 0.25) is 0 Å². The lowest BCUT2D eigenvalue weighted by Crippen LogP contribution is -2.49. The number of fused-ring (bicyclic) bond motifs is 1. The summed E-state index contributed by atoms with van der Waals surface area (Å²) >= 11 is 0. The number of ether oxygens (including phenoxy) is 1. The van der Waals surface area contributed by atoms with Gasteiger partial charge in [0.25, 0.3) is 5.91 Å². The highest BCUT2D eigenvalue weighted by atomic mass is 19.1. The van der Waals surface area contributed by atoms with E-state index in [2.05, 4.69) is 35.9 Å². The van der Waals surface area contributed by atoms with Crippen molar-refractivity contribution in [1.29, 1.82) is 0 Å². The van der Waals surface area contributed by atoms with Crippen LogP contribution >= 0.6 is 0 Å². The first-order valence-electron chi connectivity index (χ1n) is 19.6. The molecule has 0 atom stereocenters. The molecule has 5 aromatic rings. The highest BCUT2D eigenvalue weighted by Crippen LogP contribution is 2.31. The van der Waals surface area contributed by atoms with Crippen LogP contribution in [0.15, 0.2) is 72.8 Å². The molecule has 58 heavy (non-hydrogen) atoms. The number of carbonyl (C=O) groups is 3. The lowest BCUT2D eigenvalue weighted by molar-refractivity contribution is -0.120. The van der Waals surface area contributed by atoms with Crippen LogP contribution in [0.5, 0.6) is 0 Å². The Morgan fingerprint density at radius 3 is 2.38 bits per heavy atom. The van der Waals surface area contributed by atoms with Gasteiger partial charge in [-0.05, 0) is 105 Å². The summed E-state index contributed by atoms with van der Waals surface area (Å²) in [4.78, 5) is 43.6. The molecule has 12 nitrogen and oxygen atoms in total. The minimum Gasteiger partial charge on any atom is -0.381 e. The number of urea groups is 1. The molecule has 0 spiro atoms. The number of rotatable bonds is 11. The van der Waals surface area contributed by atoms with Crippen LogP contribution in [0.3, 0.4) is 0 Å². The van der Waals surface area contributed by atoms with Crippen molar-refractivity contribution in [2.24, 2.45) is 0 Å². The maximum atomic E-state index is 15.3. The van der Waals surface area contributed by atoms with Crippen LogP contribution in [-0.4, -0.2) is 84.9 Å². The Labute approximate surface area is 333 Å². The second-order valence-electron chi connectivity index (χ2n) is 15.3. The number of hydrogen-bond acceptors (Lipinski definition) is 8. The van der Waals surface area contributed by atoms with Crippen molar-refractivity contribution >= 4 is 51.6 Å². The quantitative estimate of drug-likeness (QED) is 0.113. The molecule has 0 saturated carbocycles. The van der Waals surface area contributed by atoms with Gasteiger partial charge in [-0.15, -0.1) is 0 Å². The summed E-state index contributed by atoms with van der Waals surface area (Å²) in [6, 6.07) is 19.4. The topological polar surface area (TPSA) is 135 Å². The molecule has 4 aromatic carbocycles. The van der Waals surface area contributed by atoms with E-state index in [-0.39, 0.29) is 36.9 Å². The molecule has 0 radical (unpaired) electrons. The van der Waals surface area contributed by atoms with Crippen molar-refractivity contribution in [3.8, 4) is 0 Å². The van der Waals surface area contributed by atoms with Crippen molar-refractivity contribution in [2.45, 2.75) is 57.2 Å². The maximum Gasteiger partial charge on any atom is 0.328 e. The first-order valence-corrected chi connectivity index (χ1v) is 19.6. The first kappa shape index (κ1) is 38.9. The highest BCUT2D eigenvalue weighted by Gasteiger charge is 2.28. The molecule has 4 N–H and O–H groups in total. The van der Waals surface area contributed by atoms with Gasteiger partial charge in [0.05, 0.1) is 11.1 Å². The zero-order valence-corrected chi connectivity index (χ0v) is 32.1. The number of halogens is 3. The fourth-order valence-corrected chi connectivity index (χ4v) is 8.10. The summed E-state index contributed by atoms with van der Waals surface area (Å²) < 4.78 is 48.6. The molecule has 8 rings (SSSR count). The van der Waals surface area contributed by atoms with Crippen molar-refractivity contribution in [2.75, 3.05) is 60.3 Å². The maximum absolute atomic E-state index is 15.3. The average Bonchev–Trinajstić information content (AvgIpc) is 3.60. The normalized spacial score (nSPS) is 16.9. The van der Waals surface area contributed by atoms with Gasteiger partial charge >= 0.3 is 6.03 Å². The number of H-pyrrole nitrogens is 1. The Bertz CT molecular complexity index is 2320. The third kappa shape index (κ3) is 8.80. The highest BCUT2D eigenvalue weighted by molar-refractivity contribution is 6.11. The van der Waals surface area contributed by atoms with Crippen LogP contribution in [0, 0.1) is 17.5 Å². The summed E-state index contributed by atoms with van der Waals surface area (Å²) in [6.07, 6.45) is 3.79. The van der Waals surface area contributed by atoms with Crippen LogP contribution < -0.4 is 25.8 Å². The van der Waals surface area contributed by atoms with E-state index in [1.165, 1.54) is 23.1 Å². The molecule has 1 aromatic heterocycles. The molecule has 4 heterocycles. The number of nitrogens with zero attached hydrogens (tertiary/aromatic N) is 4. The van der Waals surface area contributed by atoms with Gasteiger partial charge in [0.15, 0.2) is 5.82 Å². The number of nitrogens with one attached hydrogen (secondary N) is 4. The number of piperidine rings is 1. The molecule has 15 heteroatoms. The fraction of sp³-hybridized carbons (Fsp3) is 0.349. The number of anilines is 4. The predicted octanol–water partition coefficient (Wildman–Crippen LogP) is 6.96. The van der Waals surface area contributed by atoms with E-state index in [9.17, 15) is 23.2 Å². The smallest absolute Gasteiger partial charge is 0.328 e. The van der Waals surface area contributed by atoms with Gasteiger partial charge in [-0.25, -0.2) is 18.0 Å².